The van der Waals surface area contributed by atoms with Crippen molar-refractivity contribution in [1.29, 1.82) is 0 Å². The summed E-state index contributed by atoms with van der Waals surface area (Å²) in [4.78, 5) is 22.1. The summed E-state index contributed by atoms with van der Waals surface area (Å²) >= 11 is 0. The molecular weight excluding hydrogens is 665 g/mol. The van der Waals surface area contributed by atoms with Gasteiger partial charge in [0, 0.05) is 44.3 Å². The van der Waals surface area contributed by atoms with Gasteiger partial charge in [-0.05, 0) is 73.4 Å². The van der Waals surface area contributed by atoms with Crippen molar-refractivity contribution in [3.63, 3.8) is 0 Å². The first-order valence-corrected chi connectivity index (χ1v) is 20.0. The Morgan fingerprint density at radius 3 is 2.19 bits per heavy atom. The molecule has 302 valence electrons. The number of aliphatic hydroxyl groups excluding tert-OH is 2. The Kier molecular flexibility index (Phi) is 23.0. The molecule has 0 bridgehead atoms. The molecular formula is C44H76N4O5. The number of allylic oxidation sites excluding steroid dienone is 1. The van der Waals surface area contributed by atoms with Gasteiger partial charge in [-0.1, -0.05) is 124 Å². The second kappa shape index (κ2) is 25.3. The molecule has 0 aromatic heterocycles. The van der Waals surface area contributed by atoms with Crippen LogP contribution in [0.2, 0.25) is 0 Å². The molecule has 53 heavy (non-hydrogen) atoms. The first-order valence-electron chi connectivity index (χ1n) is 20.0. The van der Waals surface area contributed by atoms with Crippen LogP contribution < -0.4 is 5.73 Å². The van der Waals surface area contributed by atoms with E-state index in [1.165, 1.54) is 25.7 Å². The van der Waals surface area contributed by atoms with E-state index in [2.05, 4.69) is 63.5 Å². The molecule has 2 aromatic rings. The zero-order chi connectivity index (χ0) is 40.1. The third kappa shape index (κ3) is 17.9. The molecule has 4 unspecified atom stereocenters. The number of hydrogen-bond acceptors (Lipinski definition) is 8. The number of rotatable bonds is 14. The van der Waals surface area contributed by atoms with Crippen LogP contribution in [0.15, 0.2) is 60.3 Å². The van der Waals surface area contributed by atoms with Gasteiger partial charge in [-0.2, -0.15) is 5.06 Å². The monoisotopic (exact) mass is 741 g/mol. The van der Waals surface area contributed by atoms with Crippen LogP contribution in [0.1, 0.15) is 121 Å². The van der Waals surface area contributed by atoms with Gasteiger partial charge < -0.3 is 26.0 Å². The lowest BCUT2D eigenvalue weighted by Gasteiger charge is -2.33. The summed E-state index contributed by atoms with van der Waals surface area (Å²) in [5.74, 6) is 0.574. The Morgan fingerprint density at radius 1 is 1.02 bits per heavy atom. The Morgan fingerprint density at radius 2 is 1.66 bits per heavy atom. The van der Waals surface area contributed by atoms with Crippen molar-refractivity contribution >= 4 is 5.97 Å². The van der Waals surface area contributed by atoms with Crippen LogP contribution in [0.5, 0.6) is 0 Å². The Bertz CT molecular complexity index is 1330. The van der Waals surface area contributed by atoms with Gasteiger partial charge in [0.2, 0.25) is 0 Å². The minimum atomic E-state index is -0.922. The van der Waals surface area contributed by atoms with Gasteiger partial charge in [0.1, 0.15) is 6.10 Å². The molecule has 9 nitrogen and oxygen atoms in total. The molecule has 0 amide bonds. The van der Waals surface area contributed by atoms with E-state index in [1.807, 2.05) is 65.2 Å². The number of carbonyl (C=O) groups is 1. The maximum Gasteiger partial charge on any atom is 0.336 e. The number of nitrogens with zero attached hydrogens (tertiary/aromatic N) is 3. The zero-order valence-electron chi connectivity index (χ0n) is 35.1. The van der Waals surface area contributed by atoms with Crippen LogP contribution in [0.3, 0.4) is 0 Å². The van der Waals surface area contributed by atoms with Crippen molar-refractivity contribution in [1.82, 2.24) is 14.9 Å². The Labute approximate surface area is 323 Å². The van der Waals surface area contributed by atoms with Gasteiger partial charge in [0.15, 0.2) is 0 Å². The van der Waals surface area contributed by atoms with E-state index < -0.39 is 12.1 Å². The van der Waals surface area contributed by atoms with Gasteiger partial charge in [-0.3, -0.25) is 9.74 Å². The maximum absolute atomic E-state index is 11.8. The average Bonchev–Trinajstić information content (AvgIpc) is 3.45. The van der Waals surface area contributed by atoms with E-state index in [0.29, 0.717) is 36.3 Å². The Hall–Kier alpha value is -2.79. The number of hydrogen-bond donors (Lipinski definition) is 4. The molecule has 2 aromatic carbocycles. The molecule has 0 spiro atoms. The highest BCUT2D eigenvalue weighted by molar-refractivity contribution is 5.89. The first kappa shape index (κ1) is 48.2. The predicted molar refractivity (Wildman–Crippen MR) is 220 cm³/mol. The second-order valence-corrected chi connectivity index (χ2v) is 16.2. The van der Waals surface area contributed by atoms with Crippen molar-refractivity contribution < 1.29 is 25.0 Å². The fourth-order valence-corrected chi connectivity index (χ4v) is 7.03. The summed E-state index contributed by atoms with van der Waals surface area (Å²) in [6.07, 6.45) is 7.97. The molecule has 4 atom stereocenters. The maximum atomic E-state index is 11.8. The third-order valence-electron chi connectivity index (χ3n) is 9.33. The van der Waals surface area contributed by atoms with E-state index in [9.17, 15) is 20.1 Å². The fourth-order valence-electron chi connectivity index (χ4n) is 7.03. The van der Waals surface area contributed by atoms with Gasteiger partial charge in [0.25, 0.3) is 0 Å². The van der Waals surface area contributed by atoms with Crippen LogP contribution in [0.4, 0.5) is 0 Å². The molecule has 5 N–H and O–H groups in total. The second-order valence-electron chi connectivity index (χ2n) is 16.2. The molecule has 2 aliphatic rings. The van der Waals surface area contributed by atoms with Gasteiger partial charge >= 0.3 is 5.97 Å². The lowest BCUT2D eigenvalue weighted by molar-refractivity contribution is -0.173. The lowest BCUT2D eigenvalue weighted by atomic mass is 9.73. The number of nitrogens with two attached hydrogens (primary N) is 1. The molecule has 1 aliphatic carbocycles. The molecule has 0 radical (unpaired) electrons. The number of aromatic carboxylic acids is 1. The van der Waals surface area contributed by atoms with E-state index in [4.69, 9.17) is 10.6 Å². The molecule has 1 heterocycles. The average molecular weight is 741 g/mol. The first-order chi connectivity index (χ1) is 25.1. The highest BCUT2D eigenvalue weighted by atomic mass is 16.7. The van der Waals surface area contributed by atoms with Crippen LogP contribution in [-0.2, 0) is 24.5 Å². The summed E-state index contributed by atoms with van der Waals surface area (Å²) in [6, 6.07) is 15.0. The van der Waals surface area contributed by atoms with Crippen molar-refractivity contribution in [3.8, 4) is 0 Å². The number of carboxylic acids is 1. The minimum Gasteiger partial charge on any atom is -0.478 e. The minimum absolute atomic E-state index is 0.136. The number of benzene rings is 2. The normalized spacial score (nSPS) is 21.3. The van der Waals surface area contributed by atoms with E-state index in [1.54, 1.807) is 17.2 Å². The molecule has 1 aliphatic heterocycles. The quantitative estimate of drug-likeness (QED) is 0.152. The molecule has 9 heteroatoms. The Balaban J connectivity index is 0.000000782. The van der Waals surface area contributed by atoms with E-state index >= 15 is 0 Å². The SMILES string of the molecule is CC.CC(C)C.CC/C=C(\N)C1C(CO)C(CO)ON1Cc1cccc(CN(CCN(C)C)Cc2ccccc2C(=O)O)c1.CC1CCCC(C)(C)C1. The van der Waals surface area contributed by atoms with Crippen molar-refractivity contribution in [3.05, 3.63) is 82.6 Å². The smallest absolute Gasteiger partial charge is 0.336 e. The topological polar surface area (TPSA) is 123 Å². The van der Waals surface area contributed by atoms with Crippen molar-refractivity contribution in [2.75, 3.05) is 40.4 Å². The molecule has 1 saturated heterocycles. The summed E-state index contributed by atoms with van der Waals surface area (Å²) < 4.78 is 0. The summed E-state index contributed by atoms with van der Waals surface area (Å²) in [6.45, 7) is 22.6. The van der Waals surface area contributed by atoms with Crippen LogP contribution in [-0.4, -0.2) is 88.7 Å². The number of carboxylic acid groups (broad SMARTS) is 1. The molecule has 4 rings (SSSR count). The number of hydroxylamine groups is 2. The van der Waals surface area contributed by atoms with Crippen LogP contribution in [0.25, 0.3) is 0 Å². The predicted octanol–water partition coefficient (Wildman–Crippen LogP) is 8.20. The van der Waals surface area contributed by atoms with E-state index in [0.717, 1.165) is 48.0 Å². The standard InChI is InChI=1S/C29H42N4O5.C9H18.C4H10.C2H6/c1-4-8-26(30)28-25(19-34)27(20-35)38-33(28)17-22-10-7-9-21(15-22)16-32(14-13-31(2)3)18-23-11-5-6-12-24(23)29(36)37;1-8-5-4-6-9(2,3)7-8;1-4(2)3;1-2/h5-12,15,25,27-28,34-35H,4,13-14,16-20,30H2,1-3H3,(H,36,37);8H,4-7H2,1-3H3;4H,1-3H3;1-2H3/b26-8-;;;. The van der Waals surface area contributed by atoms with Crippen LogP contribution >= 0.6 is 0 Å². The van der Waals surface area contributed by atoms with Gasteiger partial charge in [-0.25, -0.2) is 4.79 Å². The van der Waals surface area contributed by atoms with Gasteiger partial charge in [-0.15, -0.1) is 0 Å². The van der Waals surface area contributed by atoms with Gasteiger partial charge in [0.05, 0.1) is 24.8 Å². The van der Waals surface area contributed by atoms with Crippen molar-refractivity contribution in [2.24, 2.45) is 28.9 Å². The lowest BCUT2D eigenvalue weighted by Crippen LogP contribution is -2.38. The highest BCUT2D eigenvalue weighted by Crippen LogP contribution is 2.38. The van der Waals surface area contributed by atoms with Crippen molar-refractivity contribution in [2.45, 2.75) is 126 Å². The largest absolute Gasteiger partial charge is 0.478 e. The molecule has 1 saturated carbocycles. The van der Waals surface area contributed by atoms with Crippen LogP contribution in [0, 0.1) is 23.2 Å². The van der Waals surface area contributed by atoms with E-state index in [-0.39, 0.29) is 25.2 Å². The molecule has 2 fully saturated rings. The third-order valence-corrected chi connectivity index (χ3v) is 9.33. The summed E-state index contributed by atoms with van der Waals surface area (Å²) in [7, 11) is 4.04. The number of aliphatic hydroxyl groups is 2. The fraction of sp³-hybridized carbons (Fsp3) is 0.659. The summed E-state index contributed by atoms with van der Waals surface area (Å²) in [5, 5.41) is 31.2. The zero-order valence-corrected chi connectivity index (χ0v) is 35.1. The highest BCUT2D eigenvalue weighted by Gasteiger charge is 2.44. The summed E-state index contributed by atoms with van der Waals surface area (Å²) in [5.41, 5.74) is 10.9. The number of likely N-dealkylation sites (N-methyl/N-ethyl adjacent to an activating group) is 1.